The van der Waals surface area contributed by atoms with Crippen LogP contribution >= 0.6 is 11.8 Å². The number of H-pyrrole nitrogens is 1. The van der Waals surface area contributed by atoms with Gasteiger partial charge >= 0.3 is 0 Å². The molecule has 72 valence electrons. The van der Waals surface area contributed by atoms with Gasteiger partial charge in [-0.05, 0) is 6.42 Å². The Labute approximate surface area is 82.3 Å². The van der Waals surface area contributed by atoms with Gasteiger partial charge in [0.25, 0.3) is 0 Å². The summed E-state index contributed by atoms with van der Waals surface area (Å²) in [6, 6.07) is 0. The summed E-state index contributed by atoms with van der Waals surface area (Å²) in [6.07, 6.45) is 5.84. The van der Waals surface area contributed by atoms with Gasteiger partial charge in [-0.25, -0.2) is 4.98 Å². The van der Waals surface area contributed by atoms with Crippen molar-refractivity contribution >= 4 is 17.5 Å². The maximum absolute atomic E-state index is 10.9. The van der Waals surface area contributed by atoms with E-state index in [1.807, 2.05) is 6.92 Å². The number of thioether (sulfide) groups is 1. The summed E-state index contributed by atoms with van der Waals surface area (Å²) in [5.74, 6) is 1.30. The second kappa shape index (κ2) is 5.80. The highest BCUT2D eigenvalue weighted by molar-refractivity contribution is 7.99. The number of rotatable bonds is 6. The number of ketones is 1. The molecular formula is C9H14N2OS. The average molecular weight is 198 g/mol. The zero-order chi connectivity index (χ0) is 9.52. The molecular weight excluding hydrogens is 184 g/mol. The van der Waals surface area contributed by atoms with Crippen molar-refractivity contribution in [1.29, 1.82) is 0 Å². The molecule has 0 aromatic carbocycles. The van der Waals surface area contributed by atoms with Gasteiger partial charge in [0.15, 0.2) is 5.16 Å². The van der Waals surface area contributed by atoms with Crippen molar-refractivity contribution in [2.75, 3.05) is 5.75 Å². The highest BCUT2D eigenvalue weighted by Crippen LogP contribution is 2.13. The van der Waals surface area contributed by atoms with Crippen LogP contribution < -0.4 is 0 Å². The van der Waals surface area contributed by atoms with E-state index in [1.165, 1.54) is 0 Å². The molecule has 0 unspecified atom stereocenters. The average Bonchev–Trinajstić information content (AvgIpc) is 2.64. The molecule has 0 saturated carbocycles. The second-order valence-corrected chi connectivity index (χ2v) is 3.82. The number of carbonyl (C=O) groups excluding carboxylic acids is 1. The molecule has 1 heterocycles. The molecule has 0 aliphatic heterocycles. The smallest absolute Gasteiger partial charge is 0.165 e. The predicted molar refractivity (Wildman–Crippen MR) is 53.8 cm³/mol. The zero-order valence-electron chi connectivity index (χ0n) is 7.75. The lowest BCUT2D eigenvalue weighted by molar-refractivity contribution is -0.118. The molecule has 1 rings (SSSR count). The Morgan fingerprint density at radius 3 is 3.15 bits per heavy atom. The number of Topliss-reactive ketones (excluding diaryl/α,β-unsaturated/α-hetero) is 1. The molecule has 1 N–H and O–H groups in total. The molecule has 0 aliphatic carbocycles. The molecule has 4 heteroatoms. The molecule has 0 bridgehead atoms. The van der Waals surface area contributed by atoms with Gasteiger partial charge in [0.05, 0.1) is 0 Å². The lowest BCUT2D eigenvalue weighted by atomic mass is 10.2. The Morgan fingerprint density at radius 2 is 2.54 bits per heavy atom. The van der Waals surface area contributed by atoms with Crippen molar-refractivity contribution in [1.82, 2.24) is 9.97 Å². The number of hydrogen-bond acceptors (Lipinski definition) is 3. The third-order valence-electron chi connectivity index (χ3n) is 1.71. The number of aromatic amines is 1. The van der Waals surface area contributed by atoms with Gasteiger partial charge in [-0.2, -0.15) is 0 Å². The first-order valence-corrected chi connectivity index (χ1v) is 5.45. The van der Waals surface area contributed by atoms with E-state index in [9.17, 15) is 4.79 Å². The van der Waals surface area contributed by atoms with E-state index in [1.54, 1.807) is 24.2 Å². The number of nitrogens with one attached hydrogen (secondary N) is 1. The minimum atomic E-state index is 0.347. The highest BCUT2D eigenvalue weighted by Gasteiger charge is 1.99. The van der Waals surface area contributed by atoms with Crippen molar-refractivity contribution in [3.8, 4) is 0 Å². The fourth-order valence-corrected chi connectivity index (χ4v) is 1.71. The first-order chi connectivity index (χ1) is 6.33. The fourth-order valence-electron chi connectivity index (χ4n) is 0.945. The minimum Gasteiger partial charge on any atom is -0.340 e. The molecule has 0 atom stereocenters. The largest absolute Gasteiger partial charge is 0.340 e. The van der Waals surface area contributed by atoms with E-state index in [0.29, 0.717) is 18.6 Å². The quantitative estimate of drug-likeness (QED) is 0.563. The van der Waals surface area contributed by atoms with Crippen LogP contribution in [0, 0.1) is 0 Å². The lowest BCUT2D eigenvalue weighted by Crippen LogP contribution is -1.95. The molecule has 1 aromatic heterocycles. The number of hydrogen-bond donors (Lipinski definition) is 1. The monoisotopic (exact) mass is 198 g/mol. The first-order valence-electron chi connectivity index (χ1n) is 4.46. The van der Waals surface area contributed by atoms with Crippen molar-refractivity contribution in [2.24, 2.45) is 0 Å². The standard InChI is InChI=1S/C9H14N2OS/c1-2-8(12)4-3-7-13-9-10-5-6-11-9/h5-6H,2-4,7H2,1H3,(H,10,11). The van der Waals surface area contributed by atoms with Gasteiger partial charge in [-0.15, -0.1) is 0 Å². The van der Waals surface area contributed by atoms with Crippen LogP contribution in [0.2, 0.25) is 0 Å². The van der Waals surface area contributed by atoms with Crippen molar-refractivity contribution in [3.63, 3.8) is 0 Å². The van der Waals surface area contributed by atoms with Crippen LogP contribution in [0.5, 0.6) is 0 Å². The van der Waals surface area contributed by atoms with Crippen LogP contribution in [-0.2, 0) is 4.79 Å². The zero-order valence-corrected chi connectivity index (χ0v) is 8.56. The summed E-state index contributed by atoms with van der Waals surface area (Å²) in [6.45, 7) is 1.90. The Morgan fingerprint density at radius 1 is 1.69 bits per heavy atom. The molecule has 3 nitrogen and oxygen atoms in total. The highest BCUT2D eigenvalue weighted by atomic mass is 32.2. The molecule has 0 amide bonds. The van der Waals surface area contributed by atoms with Gasteiger partial charge in [-0.3, -0.25) is 4.79 Å². The van der Waals surface area contributed by atoms with E-state index < -0.39 is 0 Å². The van der Waals surface area contributed by atoms with Gasteiger partial charge < -0.3 is 4.98 Å². The molecule has 0 radical (unpaired) electrons. The number of nitrogens with zero attached hydrogens (tertiary/aromatic N) is 1. The third-order valence-corrected chi connectivity index (χ3v) is 2.70. The second-order valence-electron chi connectivity index (χ2n) is 2.74. The summed E-state index contributed by atoms with van der Waals surface area (Å²) in [7, 11) is 0. The summed E-state index contributed by atoms with van der Waals surface area (Å²) in [5, 5.41) is 0.934. The van der Waals surface area contributed by atoms with E-state index in [2.05, 4.69) is 9.97 Å². The lowest BCUT2D eigenvalue weighted by Gasteiger charge is -1.96. The van der Waals surface area contributed by atoms with E-state index in [4.69, 9.17) is 0 Å². The van der Waals surface area contributed by atoms with Gasteiger partial charge in [0.1, 0.15) is 5.78 Å². The number of imidazole rings is 1. The SMILES string of the molecule is CCC(=O)CCCSc1ncc[nH]1. The Kier molecular flexibility index (Phi) is 4.60. The maximum Gasteiger partial charge on any atom is 0.165 e. The van der Waals surface area contributed by atoms with Crippen molar-refractivity contribution in [3.05, 3.63) is 12.4 Å². The summed E-state index contributed by atoms with van der Waals surface area (Å²) >= 11 is 1.66. The molecule has 0 fully saturated rings. The van der Waals surface area contributed by atoms with E-state index >= 15 is 0 Å². The molecule has 0 saturated heterocycles. The van der Waals surface area contributed by atoms with Gasteiger partial charge in [0, 0.05) is 31.0 Å². The maximum atomic E-state index is 10.9. The molecule has 13 heavy (non-hydrogen) atoms. The van der Waals surface area contributed by atoms with E-state index in [-0.39, 0.29) is 0 Å². The Hall–Kier alpha value is -0.770. The summed E-state index contributed by atoms with van der Waals surface area (Å²) < 4.78 is 0. The van der Waals surface area contributed by atoms with Crippen LogP contribution in [0.25, 0.3) is 0 Å². The fraction of sp³-hybridized carbons (Fsp3) is 0.556. The Bertz CT molecular complexity index is 246. The van der Waals surface area contributed by atoms with Crippen molar-refractivity contribution in [2.45, 2.75) is 31.3 Å². The van der Waals surface area contributed by atoms with Crippen LogP contribution in [0.3, 0.4) is 0 Å². The Balaban J connectivity index is 2.05. The van der Waals surface area contributed by atoms with Crippen LogP contribution in [0.4, 0.5) is 0 Å². The number of aromatic nitrogens is 2. The van der Waals surface area contributed by atoms with Crippen LogP contribution in [-0.4, -0.2) is 21.5 Å². The third kappa shape index (κ3) is 4.12. The van der Waals surface area contributed by atoms with Gasteiger partial charge in [0.2, 0.25) is 0 Å². The first kappa shape index (κ1) is 10.3. The molecule has 0 spiro atoms. The summed E-state index contributed by atoms with van der Waals surface area (Å²) in [4.78, 5) is 18.0. The minimum absolute atomic E-state index is 0.347. The summed E-state index contributed by atoms with van der Waals surface area (Å²) in [5.41, 5.74) is 0. The topological polar surface area (TPSA) is 45.8 Å². The van der Waals surface area contributed by atoms with Gasteiger partial charge in [-0.1, -0.05) is 18.7 Å². The van der Waals surface area contributed by atoms with E-state index in [0.717, 1.165) is 17.3 Å². The normalized spacial score (nSPS) is 10.2. The molecule has 1 aromatic rings. The molecule has 0 aliphatic rings. The van der Waals surface area contributed by atoms with Crippen LogP contribution in [0.1, 0.15) is 26.2 Å². The van der Waals surface area contributed by atoms with Crippen LogP contribution in [0.15, 0.2) is 17.6 Å². The number of carbonyl (C=O) groups is 1. The van der Waals surface area contributed by atoms with Crippen molar-refractivity contribution < 1.29 is 4.79 Å². The predicted octanol–water partition coefficient (Wildman–Crippen LogP) is 2.26.